The van der Waals surface area contributed by atoms with Crippen molar-refractivity contribution >= 4 is 11.6 Å². The number of anilines is 1. The van der Waals surface area contributed by atoms with Crippen LogP contribution in [-0.2, 0) is 4.79 Å². The molecule has 1 aliphatic rings. The highest BCUT2D eigenvalue weighted by molar-refractivity contribution is 5.92. The van der Waals surface area contributed by atoms with Crippen molar-refractivity contribution in [3.8, 4) is 0 Å². The van der Waals surface area contributed by atoms with Crippen LogP contribution in [0.4, 0.5) is 14.5 Å². The van der Waals surface area contributed by atoms with Crippen LogP contribution in [0.25, 0.3) is 0 Å². The normalized spacial score (nSPS) is 23.1. The predicted octanol–water partition coefficient (Wildman–Crippen LogP) is 2.67. The first-order chi connectivity index (χ1) is 9.10. The van der Waals surface area contributed by atoms with Gasteiger partial charge in [0.05, 0.1) is 5.69 Å². The summed E-state index contributed by atoms with van der Waals surface area (Å²) >= 11 is 0. The van der Waals surface area contributed by atoms with Gasteiger partial charge in [0, 0.05) is 12.0 Å². The number of nitrogens with two attached hydrogens (primary N) is 1. The molecule has 2 rings (SSSR count). The summed E-state index contributed by atoms with van der Waals surface area (Å²) in [5.41, 5.74) is 5.63. The average Bonchev–Trinajstić information content (AvgIpc) is 2.42. The molecule has 0 radical (unpaired) electrons. The van der Waals surface area contributed by atoms with Crippen molar-refractivity contribution in [2.24, 2.45) is 17.6 Å². The van der Waals surface area contributed by atoms with Gasteiger partial charge in [-0.1, -0.05) is 0 Å². The summed E-state index contributed by atoms with van der Waals surface area (Å²) in [5.74, 6) is -1.21. The number of nitrogens with one attached hydrogen (secondary N) is 1. The summed E-state index contributed by atoms with van der Waals surface area (Å²) in [5, 5.41) is 2.53. The monoisotopic (exact) mass is 268 g/mol. The molecule has 0 bridgehead atoms. The van der Waals surface area contributed by atoms with Gasteiger partial charge in [-0.15, -0.1) is 0 Å². The standard InChI is InChI=1S/C14H18F2N2O/c15-11-5-6-13(12(16)7-11)18-14(19)10-3-1-9(8-17)2-4-10/h5-7,9-10H,1-4,8,17H2,(H,18,19). The topological polar surface area (TPSA) is 55.1 Å². The highest BCUT2D eigenvalue weighted by Gasteiger charge is 2.26. The first-order valence-electron chi connectivity index (χ1n) is 6.56. The van der Waals surface area contributed by atoms with Gasteiger partial charge in [0.1, 0.15) is 11.6 Å². The molecule has 1 aromatic carbocycles. The highest BCUT2D eigenvalue weighted by Crippen LogP contribution is 2.29. The van der Waals surface area contributed by atoms with Crippen molar-refractivity contribution in [1.29, 1.82) is 0 Å². The van der Waals surface area contributed by atoms with Gasteiger partial charge in [0.2, 0.25) is 5.91 Å². The van der Waals surface area contributed by atoms with Crippen LogP contribution in [0, 0.1) is 23.5 Å². The molecule has 1 saturated carbocycles. The maximum atomic E-state index is 13.4. The van der Waals surface area contributed by atoms with Gasteiger partial charge in [-0.25, -0.2) is 8.78 Å². The summed E-state index contributed by atoms with van der Waals surface area (Å²) < 4.78 is 26.2. The van der Waals surface area contributed by atoms with Crippen molar-refractivity contribution < 1.29 is 13.6 Å². The van der Waals surface area contributed by atoms with Gasteiger partial charge < -0.3 is 11.1 Å². The summed E-state index contributed by atoms with van der Waals surface area (Å²) in [6.07, 6.45) is 3.41. The molecule has 5 heteroatoms. The fraction of sp³-hybridized carbons (Fsp3) is 0.500. The van der Waals surface area contributed by atoms with Gasteiger partial charge in [-0.05, 0) is 50.3 Å². The van der Waals surface area contributed by atoms with Gasteiger partial charge in [0.15, 0.2) is 0 Å². The zero-order valence-corrected chi connectivity index (χ0v) is 10.7. The lowest BCUT2D eigenvalue weighted by atomic mass is 9.81. The molecule has 1 amide bonds. The molecule has 0 spiro atoms. The number of carbonyl (C=O) groups excluding carboxylic acids is 1. The first-order valence-corrected chi connectivity index (χ1v) is 6.56. The molecular weight excluding hydrogens is 250 g/mol. The molecule has 3 nitrogen and oxygen atoms in total. The Morgan fingerprint density at radius 2 is 1.95 bits per heavy atom. The molecule has 0 aromatic heterocycles. The average molecular weight is 268 g/mol. The van der Waals surface area contributed by atoms with E-state index in [1.807, 2.05) is 0 Å². The lowest BCUT2D eigenvalue weighted by molar-refractivity contribution is -0.121. The fourth-order valence-corrected chi connectivity index (χ4v) is 2.49. The number of benzene rings is 1. The van der Waals surface area contributed by atoms with Crippen molar-refractivity contribution in [1.82, 2.24) is 0 Å². The van der Waals surface area contributed by atoms with E-state index in [4.69, 9.17) is 5.73 Å². The predicted molar refractivity (Wildman–Crippen MR) is 69.5 cm³/mol. The molecule has 1 aromatic rings. The Morgan fingerprint density at radius 1 is 1.26 bits per heavy atom. The Balaban J connectivity index is 1.94. The van der Waals surface area contributed by atoms with E-state index in [9.17, 15) is 13.6 Å². The number of halogens is 2. The smallest absolute Gasteiger partial charge is 0.227 e. The summed E-state index contributed by atoms with van der Waals surface area (Å²) in [6.45, 7) is 0.654. The molecule has 104 valence electrons. The molecule has 0 unspecified atom stereocenters. The lowest BCUT2D eigenvalue weighted by Crippen LogP contribution is -2.29. The quantitative estimate of drug-likeness (QED) is 0.885. The Bertz CT molecular complexity index is 457. The SMILES string of the molecule is NCC1CCC(C(=O)Nc2ccc(F)cc2F)CC1. The second kappa shape index (κ2) is 6.10. The van der Waals surface area contributed by atoms with Crippen LogP contribution < -0.4 is 11.1 Å². The Morgan fingerprint density at radius 3 is 2.53 bits per heavy atom. The second-order valence-electron chi connectivity index (χ2n) is 5.07. The van der Waals surface area contributed by atoms with E-state index in [-0.39, 0.29) is 17.5 Å². The number of rotatable bonds is 3. The van der Waals surface area contributed by atoms with E-state index in [2.05, 4.69) is 5.32 Å². The number of amides is 1. The van der Waals surface area contributed by atoms with Gasteiger partial charge >= 0.3 is 0 Å². The zero-order chi connectivity index (χ0) is 13.8. The molecular formula is C14H18F2N2O. The molecule has 19 heavy (non-hydrogen) atoms. The number of hydrogen-bond acceptors (Lipinski definition) is 2. The Kier molecular flexibility index (Phi) is 4.47. The lowest BCUT2D eigenvalue weighted by Gasteiger charge is -2.26. The van der Waals surface area contributed by atoms with E-state index in [0.717, 1.165) is 37.8 Å². The van der Waals surface area contributed by atoms with Crippen LogP contribution in [0.2, 0.25) is 0 Å². The summed E-state index contributed by atoms with van der Waals surface area (Å²) in [6, 6.07) is 3.14. The van der Waals surface area contributed by atoms with Crippen molar-refractivity contribution in [3.63, 3.8) is 0 Å². The van der Waals surface area contributed by atoms with Crippen molar-refractivity contribution in [3.05, 3.63) is 29.8 Å². The van der Waals surface area contributed by atoms with Crippen molar-refractivity contribution in [2.75, 3.05) is 11.9 Å². The Labute approximate surface area is 111 Å². The molecule has 1 aliphatic carbocycles. The third-order valence-corrected chi connectivity index (χ3v) is 3.74. The minimum Gasteiger partial charge on any atom is -0.330 e. The first kappa shape index (κ1) is 13.9. The van der Waals surface area contributed by atoms with E-state index in [0.29, 0.717) is 12.5 Å². The largest absolute Gasteiger partial charge is 0.330 e. The molecule has 3 N–H and O–H groups in total. The third-order valence-electron chi connectivity index (χ3n) is 3.74. The number of carbonyl (C=O) groups is 1. The van der Waals surface area contributed by atoms with Crippen molar-refractivity contribution in [2.45, 2.75) is 25.7 Å². The van der Waals surface area contributed by atoms with Crippen LogP contribution >= 0.6 is 0 Å². The van der Waals surface area contributed by atoms with E-state index in [1.54, 1.807) is 0 Å². The Hall–Kier alpha value is -1.49. The molecule has 0 aliphatic heterocycles. The van der Waals surface area contributed by atoms with E-state index < -0.39 is 11.6 Å². The maximum Gasteiger partial charge on any atom is 0.227 e. The number of hydrogen-bond donors (Lipinski definition) is 2. The minimum atomic E-state index is -0.746. The molecule has 1 fully saturated rings. The molecule has 0 saturated heterocycles. The van der Waals surface area contributed by atoms with Gasteiger partial charge in [-0.3, -0.25) is 4.79 Å². The van der Waals surface area contributed by atoms with Gasteiger partial charge in [0.25, 0.3) is 0 Å². The van der Waals surface area contributed by atoms with Crippen LogP contribution in [0.15, 0.2) is 18.2 Å². The van der Waals surface area contributed by atoms with Crippen LogP contribution in [0.3, 0.4) is 0 Å². The summed E-state index contributed by atoms with van der Waals surface area (Å²) in [4.78, 5) is 12.0. The highest BCUT2D eigenvalue weighted by atomic mass is 19.1. The molecule has 0 heterocycles. The summed E-state index contributed by atoms with van der Waals surface area (Å²) in [7, 11) is 0. The van der Waals surface area contributed by atoms with Crippen LogP contribution in [0.5, 0.6) is 0 Å². The van der Waals surface area contributed by atoms with Crippen LogP contribution in [-0.4, -0.2) is 12.5 Å². The minimum absolute atomic E-state index is 0.0346. The van der Waals surface area contributed by atoms with E-state index in [1.165, 1.54) is 6.07 Å². The maximum absolute atomic E-state index is 13.4. The van der Waals surface area contributed by atoms with E-state index >= 15 is 0 Å². The molecule has 0 atom stereocenters. The van der Waals surface area contributed by atoms with Gasteiger partial charge in [-0.2, -0.15) is 0 Å². The zero-order valence-electron chi connectivity index (χ0n) is 10.7. The third kappa shape index (κ3) is 3.50. The second-order valence-corrected chi connectivity index (χ2v) is 5.07. The van der Waals surface area contributed by atoms with Crippen LogP contribution in [0.1, 0.15) is 25.7 Å². The fourth-order valence-electron chi connectivity index (χ4n) is 2.49.